The number of ether oxygens (including phenoxy) is 1. The van der Waals surface area contributed by atoms with Crippen LogP contribution in [0, 0.1) is 5.92 Å². The minimum Gasteiger partial charge on any atom is -0.489 e. The molecule has 4 nitrogen and oxygen atoms in total. The minimum absolute atomic E-state index is 0.265. The van der Waals surface area contributed by atoms with Crippen LogP contribution in [0.1, 0.15) is 41.5 Å². The van der Waals surface area contributed by atoms with E-state index in [4.69, 9.17) is 4.74 Å². The summed E-state index contributed by atoms with van der Waals surface area (Å²) >= 11 is 0. The van der Waals surface area contributed by atoms with Gasteiger partial charge in [0.05, 0.1) is 11.5 Å². The molecule has 0 saturated carbocycles. The third-order valence-corrected chi connectivity index (χ3v) is 6.62. The second-order valence-electron chi connectivity index (χ2n) is 8.80. The lowest BCUT2D eigenvalue weighted by Crippen LogP contribution is -2.35. The van der Waals surface area contributed by atoms with E-state index in [9.17, 15) is 23.1 Å². The third kappa shape index (κ3) is 5.77. The van der Waals surface area contributed by atoms with Crippen LogP contribution in [0.5, 0.6) is 5.75 Å². The van der Waals surface area contributed by atoms with E-state index in [2.05, 4.69) is 11.0 Å². The zero-order valence-corrected chi connectivity index (χ0v) is 18.4. The number of rotatable bonds is 6. The number of hydrogen-bond acceptors (Lipinski definition) is 3. The lowest BCUT2D eigenvalue weighted by Gasteiger charge is -2.26. The number of benzene rings is 2. The van der Waals surface area contributed by atoms with Crippen molar-refractivity contribution in [3.63, 3.8) is 0 Å². The maximum absolute atomic E-state index is 12.7. The Balaban J connectivity index is 1.37. The van der Waals surface area contributed by atoms with Crippen molar-refractivity contribution in [2.45, 2.75) is 44.3 Å². The van der Waals surface area contributed by atoms with Crippen molar-refractivity contribution >= 4 is 12.0 Å². The largest absolute Gasteiger partial charge is 0.489 e. The number of carbonyl (C=O) groups is 1. The smallest absolute Gasteiger partial charge is 0.416 e. The van der Waals surface area contributed by atoms with Crippen molar-refractivity contribution in [2.24, 2.45) is 5.92 Å². The SMILES string of the molecule is O=C(O)C1CCN(C2CCCc3c(cccc3OC/C=C/c3ccc(C(F)(F)F)cc3)C2)C1. The number of halogens is 3. The summed E-state index contributed by atoms with van der Waals surface area (Å²) in [5.41, 5.74) is 2.48. The molecule has 7 heteroatoms. The van der Waals surface area contributed by atoms with Gasteiger partial charge >= 0.3 is 12.1 Å². The molecule has 0 radical (unpaired) electrons. The molecule has 176 valence electrons. The molecule has 33 heavy (non-hydrogen) atoms. The third-order valence-electron chi connectivity index (χ3n) is 6.62. The van der Waals surface area contributed by atoms with E-state index in [-0.39, 0.29) is 5.92 Å². The van der Waals surface area contributed by atoms with Crippen LogP contribution in [0.25, 0.3) is 6.08 Å². The van der Waals surface area contributed by atoms with Crippen LogP contribution in [-0.4, -0.2) is 41.7 Å². The van der Waals surface area contributed by atoms with Gasteiger partial charge in [-0.15, -0.1) is 0 Å². The first-order valence-electron chi connectivity index (χ1n) is 11.4. The molecule has 2 atom stereocenters. The molecule has 1 aliphatic carbocycles. The number of hydrogen-bond donors (Lipinski definition) is 1. The molecule has 1 N–H and O–H groups in total. The Kier molecular flexibility index (Phi) is 7.08. The first-order valence-corrected chi connectivity index (χ1v) is 11.4. The molecule has 2 unspecified atom stereocenters. The van der Waals surface area contributed by atoms with Crippen molar-refractivity contribution in [1.29, 1.82) is 0 Å². The second-order valence-corrected chi connectivity index (χ2v) is 8.80. The van der Waals surface area contributed by atoms with Crippen LogP contribution in [-0.2, 0) is 23.8 Å². The van der Waals surface area contributed by atoms with Crippen LogP contribution in [0.4, 0.5) is 13.2 Å². The molecule has 2 aromatic rings. The van der Waals surface area contributed by atoms with E-state index < -0.39 is 17.7 Å². The highest BCUT2D eigenvalue weighted by molar-refractivity contribution is 5.70. The first-order chi connectivity index (χ1) is 15.8. The van der Waals surface area contributed by atoms with Gasteiger partial charge in [-0.05, 0) is 79.6 Å². The summed E-state index contributed by atoms with van der Waals surface area (Å²) in [4.78, 5) is 13.6. The Morgan fingerprint density at radius 3 is 2.64 bits per heavy atom. The van der Waals surface area contributed by atoms with Gasteiger partial charge in [0.2, 0.25) is 0 Å². The van der Waals surface area contributed by atoms with Crippen LogP contribution >= 0.6 is 0 Å². The molecule has 2 aromatic carbocycles. The van der Waals surface area contributed by atoms with Crippen LogP contribution in [0.3, 0.4) is 0 Å². The van der Waals surface area contributed by atoms with Gasteiger partial charge in [-0.25, -0.2) is 0 Å². The zero-order valence-electron chi connectivity index (χ0n) is 18.4. The van der Waals surface area contributed by atoms with E-state index in [0.29, 0.717) is 31.2 Å². The number of fused-ring (bicyclic) bond motifs is 1. The van der Waals surface area contributed by atoms with Crippen molar-refractivity contribution in [1.82, 2.24) is 4.90 Å². The summed E-state index contributed by atoms with van der Waals surface area (Å²) in [5, 5.41) is 9.31. The number of carboxylic acid groups (broad SMARTS) is 1. The predicted molar refractivity (Wildman–Crippen MR) is 120 cm³/mol. The van der Waals surface area contributed by atoms with Crippen LogP contribution in [0.15, 0.2) is 48.5 Å². The Morgan fingerprint density at radius 2 is 1.94 bits per heavy atom. The summed E-state index contributed by atoms with van der Waals surface area (Å²) in [6.45, 7) is 1.79. The van der Waals surface area contributed by atoms with E-state index in [1.807, 2.05) is 12.1 Å². The highest BCUT2D eigenvalue weighted by Crippen LogP contribution is 2.33. The molecule has 1 fully saturated rings. The molecular weight excluding hydrogens is 431 g/mol. The lowest BCUT2D eigenvalue weighted by molar-refractivity contribution is -0.141. The van der Waals surface area contributed by atoms with Gasteiger partial charge < -0.3 is 9.84 Å². The minimum atomic E-state index is -4.33. The highest BCUT2D eigenvalue weighted by Gasteiger charge is 2.33. The molecular formula is C26H28F3NO3. The average Bonchev–Trinajstić information content (AvgIpc) is 3.18. The fraction of sp³-hybridized carbons (Fsp3) is 0.423. The monoisotopic (exact) mass is 459 g/mol. The lowest BCUT2D eigenvalue weighted by atomic mass is 10.0. The molecule has 4 rings (SSSR count). The van der Waals surface area contributed by atoms with Crippen molar-refractivity contribution in [3.05, 3.63) is 70.8 Å². The van der Waals surface area contributed by atoms with Gasteiger partial charge in [-0.3, -0.25) is 9.69 Å². The van der Waals surface area contributed by atoms with Gasteiger partial charge in [0.15, 0.2) is 0 Å². The van der Waals surface area contributed by atoms with E-state index in [1.165, 1.54) is 23.3 Å². The van der Waals surface area contributed by atoms with Crippen molar-refractivity contribution < 1.29 is 27.8 Å². The van der Waals surface area contributed by atoms with Gasteiger partial charge in [0.25, 0.3) is 0 Å². The quantitative estimate of drug-likeness (QED) is 0.584. The summed E-state index contributed by atoms with van der Waals surface area (Å²) in [6, 6.07) is 11.5. The van der Waals surface area contributed by atoms with Crippen molar-refractivity contribution in [3.8, 4) is 5.75 Å². The normalized spacial score (nSPS) is 21.7. The number of likely N-dealkylation sites (tertiary alicyclic amines) is 1. The standard InChI is InChI=1S/C26H28F3NO3/c27-26(28,29)21-11-9-18(10-12-21)4-3-15-33-24-8-1-5-19-16-22(6-2-7-23(19)24)30-14-13-20(17-30)25(31)32/h1,3-5,8-12,20,22H,2,6-7,13-17H2,(H,31,32)/b4-3+. The average molecular weight is 460 g/mol. The molecule has 0 aromatic heterocycles. The fourth-order valence-corrected chi connectivity index (χ4v) is 4.83. The van der Waals surface area contributed by atoms with Crippen LogP contribution in [0.2, 0.25) is 0 Å². The van der Waals surface area contributed by atoms with Gasteiger partial charge in [-0.2, -0.15) is 13.2 Å². The Labute approximate surface area is 191 Å². The number of alkyl halides is 3. The van der Waals surface area contributed by atoms with E-state index in [0.717, 1.165) is 50.1 Å². The Hall–Kier alpha value is -2.80. The Morgan fingerprint density at radius 1 is 1.15 bits per heavy atom. The molecule has 0 amide bonds. The zero-order chi connectivity index (χ0) is 23.4. The van der Waals surface area contributed by atoms with Gasteiger partial charge in [0.1, 0.15) is 12.4 Å². The van der Waals surface area contributed by atoms with E-state index in [1.54, 1.807) is 12.2 Å². The summed E-state index contributed by atoms with van der Waals surface area (Å²) in [7, 11) is 0. The number of nitrogens with zero attached hydrogens (tertiary/aromatic N) is 1. The predicted octanol–water partition coefficient (Wildman–Crippen LogP) is 5.45. The van der Waals surface area contributed by atoms with Crippen LogP contribution < -0.4 is 4.74 Å². The Bertz CT molecular complexity index is 1000. The van der Waals surface area contributed by atoms with E-state index >= 15 is 0 Å². The van der Waals surface area contributed by atoms with Gasteiger partial charge in [0, 0.05) is 12.6 Å². The molecule has 1 heterocycles. The molecule has 0 spiro atoms. The topological polar surface area (TPSA) is 49.8 Å². The summed E-state index contributed by atoms with van der Waals surface area (Å²) in [6.07, 6.45) is 3.81. The van der Waals surface area contributed by atoms with Gasteiger partial charge in [-0.1, -0.05) is 30.3 Å². The molecule has 1 saturated heterocycles. The summed E-state index contributed by atoms with van der Waals surface area (Å²) < 4.78 is 44.0. The maximum Gasteiger partial charge on any atom is 0.416 e. The number of aliphatic carboxylic acids is 1. The molecule has 1 aliphatic heterocycles. The highest BCUT2D eigenvalue weighted by atomic mass is 19.4. The fourth-order valence-electron chi connectivity index (χ4n) is 4.83. The summed E-state index contributed by atoms with van der Waals surface area (Å²) in [5.74, 6) is -0.125. The van der Waals surface area contributed by atoms with Crippen molar-refractivity contribution in [2.75, 3.05) is 19.7 Å². The molecule has 2 aliphatic rings. The maximum atomic E-state index is 12.7. The second kappa shape index (κ2) is 10.00. The number of carboxylic acids is 1. The first kappa shape index (κ1) is 23.4. The molecule has 0 bridgehead atoms.